The Kier molecular flexibility index (Phi) is 3.54. The van der Waals surface area contributed by atoms with Crippen LogP contribution in [0.25, 0.3) is 10.9 Å². The Morgan fingerprint density at radius 1 is 1.39 bits per heavy atom. The van der Waals surface area contributed by atoms with E-state index in [-0.39, 0.29) is 10.8 Å². The number of nitrogens with one attached hydrogen (secondary N) is 2. The third kappa shape index (κ3) is 2.79. The Bertz CT molecular complexity index is 571. The number of hydrogen-bond donors (Lipinski definition) is 2. The van der Waals surface area contributed by atoms with Crippen molar-refractivity contribution in [3.05, 3.63) is 30.0 Å². The first-order chi connectivity index (χ1) is 8.38. The van der Waals surface area contributed by atoms with Crippen molar-refractivity contribution >= 4 is 21.9 Å². The maximum absolute atomic E-state index is 12.0. The van der Waals surface area contributed by atoms with Gasteiger partial charge in [0.05, 0.1) is 27.4 Å². The molecule has 0 radical (unpaired) electrons. The Morgan fingerprint density at radius 3 is 2.78 bits per heavy atom. The fourth-order valence-corrected chi connectivity index (χ4v) is 2.45. The van der Waals surface area contributed by atoms with Crippen molar-refractivity contribution < 1.29 is 4.21 Å². The molecule has 1 aromatic carbocycles. The van der Waals surface area contributed by atoms with Crippen LogP contribution >= 0.6 is 0 Å². The topological polar surface area (TPSA) is 57.8 Å². The second kappa shape index (κ2) is 4.82. The van der Waals surface area contributed by atoms with E-state index >= 15 is 0 Å². The van der Waals surface area contributed by atoms with Gasteiger partial charge in [-0.05, 0) is 45.4 Å². The molecular weight excluding hydrogens is 246 g/mol. The summed E-state index contributed by atoms with van der Waals surface area (Å²) in [7, 11) is -1.07. The van der Waals surface area contributed by atoms with Gasteiger partial charge in [-0.1, -0.05) is 6.07 Å². The standard InChI is InChI=1S/C13H19N3OS/c1-9(16-18(17)13(2,3)4)10-5-6-12-11(7-10)8-14-15-12/h5-9,16H,1-4H3,(H,14,15)/t9-,18+/m1/s1. The summed E-state index contributed by atoms with van der Waals surface area (Å²) in [6.07, 6.45) is 1.80. The monoisotopic (exact) mass is 265 g/mol. The van der Waals surface area contributed by atoms with Crippen molar-refractivity contribution in [2.75, 3.05) is 0 Å². The molecule has 0 amide bonds. The molecular formula is C13H19N3OS. The average molecular weight is 265 g/mol. The van der Waals surface area contributed by atoms with Crippen molar-refractivity contribution in [3.8, 4) is 0 Å². The fourth-order valence-electron chi connectivity index (χ4n) is 1.64. The molecule has 0 unspecified atom stereocenters. The smallest absolute Gasteiger partial charge is 0.0975 e. The highest BCUT2D eigenvalue weighted by Crippen LogP contribution is 2.20. The molecule has 2 N–H and O–H groups in total. The molecule has 0 aliphatic carbocycles. The van der Waals surface area contributed by atoms with E-state index in [1.165, 1.54) is 0 Å². The van der Waals surface area contributed by atoms with Crippen LogP contribution in [-0.4, -0.2) is 19.2 Å². The van der Waals surface area contributed by atoms with Gasteiger partial charge in [-0.25, -0.2) is 8.93 Å². The summed E-state index contributed by atoms with van der Waals surface area (Å²) in [6.45, 7) is 7.90. The van der Waals surface area contributed by atoms with Gasteiger partial charge in [-0.3, -0.25) is 5.10 Å². The zero-order valence-corrected chi connectivity index (χ0v) is 12.0. The minimum Gasteiger partial charge on any atom is -0.278 e. The minimum atomic E-state index is -1.07. The molecule has 0 saturated carbocycles. The van der Waals surface area contributed by atoms with E-state index < -0.39 is 11.0 Å². The van der Waals surface area contributed by atoms with Gasteiger partial charge in [0.1, 0.15) is 0 Å². The van der Waals surface area contributed by atoms with E-state index in [0.29, 0.717) is 0 Å². The Hall–Kier alpha value is -1.20. The molecule has 2 rings (SSSR count). The Labute approximate surface area is 110 Å². The van der Waals surface area contributed by atoms with Gasteiger partial charge < -0.3 is 0 Å². The molecule has 4 nitrogen and oxygen atoms in total. The van der Waals surface area contributed by atoms with E-state index in [0.717, 1.165) is 16.5 Å². The first-order valence-electron chi connectivity index (χ1n) is 5.99. The summed E-state index contributed by atoms with van der Waals surface area (Å²) < 4.78 is 14.9. The summed E-state index contributed by atoms with van der Waals surface area (Å²) in [6, 6.07) is 6.13. The largest absolute Gasteiger partial charge is 0.278 e. The van der Waals surface area contributed by atoms with Crippen LogP contribution < -0.4 is 4.72 Å². The highest BCUT2D eigenvalue weighted by Gasteiger charge is 2.21. The normalized spacial score (nSPS) is 15.8. The lowest BCUT2D eigenvalue weighted by atomic mass is 10.1. The van der Waals surface area contributed by atoms with E-state index in [1.54, 1.807) is 6.20 Å². The van der Waals surface area contributed by atoms with Gasteiger partial charge in [-0.2, -0.15) is 5.10 Å². The van der Waals surface area contributed by atoms with E-state index in [2.05, 4.69) is 21.0 Å². The van der Waals surface area contributed by atoms with Gasteiger partial charge in [0.25, 0.3) is 0 Å². The molecule has 2 aromatic rings. The molecule has 0 aliphatic heterocycles. The second-order valence-electron chi connectivity index (χ2n) is 5.44. The third-order valence-electron chi connectivity index (χ3n) is 2.80. The zero-order chi connectivity index (χ0) is 13.3. The van der Waals surface area contributed by atoms with Crippen molar-refractivity contribution in [1.29, 1.82) is 0 Å². The maximum atomic E-state index is 12.0. The van der Waals surface area contributed by atoms with Crippen LogP contribution in [0.4, 0.5) is 0 Å². The fraction of sp³-hybridized carbons (Fsp3) is 0.462. The quantitative estimate of drug-likeness (QED) is 0.896. The molecule has 5 heteroatoms. The van der Waals surface area contributed by atoms with Crippen LogP contribution in [0.2, 0.25) is 0 Å². The minimum absolute atomic E-state index is 0.0457. The van der Waals surface area contributed by atoms with Crippen LogP contribution in [0, 0.1) is 0 Å². The summed E-state index contributed by atoms with van der Waals surface area (Å²) in [4.78, 5) is 0. The highest BCUT2D eigenvalue weighted by atomic mass is 32.2. The van der Waals surface area contributed by atoms with Gasteiger partial charge in [-0.15, -0.1) is 0 Å². The maximum Gasteiger partial charge on any atom is 0.0975 e. The number of aromatic amines is 1. The van der Waals surface area contributed by atoms with Gasteiger partial charge in [0, 0.05) is 11.4 Å². The molecule has 0 saturated heterocycles. The van der Waals surface area contributed by atoms with Crippen molar-refractivity contribution in [2.45, 2.75) is 38.5 Å². The third-order valence-corrected chi connectivity index (χ3v) is 4.48. The molecule has 18 heavy (non-hydrogen) atoms. The molecule has 0 spiro atoms. The van der Waals surface area contributed by atoms with Crippen LogP contribution in [-0.2, 0) is 11.0 Å². The van der Waals surface area contributed by atoms with Crippen LogP contribution in [0.5, 0.6) is 0 Å². The summed E-state index contributed by atoms with van der Waals surface area (Å²) in [5.74, 6) is 0. The van der Waals surface area contributed by atoms with Gasteiger partial charge in [0.15, 0.2) is 0 Å². The number of nitrogens with zero attached hydrogens (tertiary/aromatic N) is 1. The van der Waals surface area contributed by atoms with Crippen molar-refractivity contribution in [1.82, 2.24) is 14.9 Å². The molecule has 98 valence electrons. The van der Waals surface area contributed by atoms with E-state index in [4.69, 9.17) is 0 Å². The average Bonchev–Trinajstić information content (AvgIpc) is 2.74. The van der Waals surface area contributed by atoms with Crippen LogP contribution in [0.15, 0.2) is 24.4 Å². The molecule has 0 fully saturated rings. The van der Waals surface area contributed by atoms with Crippen molar-refractivity contribution in [3.63, 3.8) is 0 Å². The first-order valence-corrected chi connectivity index (χ1v) is 7.14. The van der Waals surface area contributed by atoms with E-state index in [1.807, 2.05) is 39.8 Å². The number of H-pyrrole nitrogens is 1. The number of aromatic nitrogens is 2. The predicted molar refractivity (Wildman–Crippen MR) is 75.5 cm³/mol. The van der Waals surface area contributed by atoms with Crippen LogP contribution in [0.1, 0.15) is 39.3 Å². The van der Waals surface area contributed by atoms with Crippen molar-refractivity contribution in [2.24, 2.45) is 0 Å². The lowest BCUT2D eigenvalue weighted by Gasteiger charge is -2.22. The van der Waals surface area contributed by atoms with Crippen LogP contribution in [0.3, 0.4) is 0 Å². The first kappa shape index (κ1) is 13.2. The molecule has 1 heterocycles. The molecule has 0 bridgehead atoms. The van der Waals surface area contributed by atoms with Gasteiger partial charge in [0.2, 0.25) is 0 Å². The lowest BCUT2D eigenvalue weighted by molar-refractivity contribution is 0.616. The summed E-state index contributed by atoms with van der Waals surface area (Å²) >= 11 is 0. The van der Waals surface area contributed by atoms with Gasteiger partial charge >= 0.3 is 0 Å². The number of fused-ring (bicyclic) bond motifs is 1. The zero-order valence-electron chi connectivity index (χ0n) is 11.2. The lowest BCUT2D eigenvalue weighted by Crippen LogP contribution is -2.34. The number of hydrogen-bond acceptors (Lipinski definition) is 2. The van der Waals surface area contributed by atoms with E-state index in [9.17, 15) is 4.21 Å². The second-order valence-corrected chi connectivity index (χ2v) is 7.44. The summed E-state index contributed by atoms with van der Waals surface area (Å²) in [5, 5.41) is 7.99. The Balaban J connectivity index is 2.18. The highest BCUT2D eigenvalue weighted by molar-refractivity contribution is 7.84. The SMILES string of the molecule is C[C@@H](N[S@@](=O)C(C)(C)C)c1ccc2[nH]ncc2c1. The Morgan fingerprint density at radius 2 is 2.11 bits per heavy atom. The molecule has 1 aromatic heterocycles. The molecule has 0 aliphatic rings. The predicted octanol–water partition coefficient (Wildman–Crippen LogP) is 2.68. The number of rotatable bonds is 3. The molecule has 2 atom stereocenters. The number of benzene rings is 1. The summed E-state index contributed by atoms with van der Waals surface area (Å²) in [5.41, 5.74) is 2.13.